The molecule has 0 aliphatic carbocycles. The molecule has 1 fully saturated rings. The van der Waals surface area contributed by atoms with E-state index in [0.717, 1.165) is 10.5 Å². The number of hydrogen-bond acceptors (Lipinski definition) is 2. The molecule has 6 heteroatoms. The molecule has 1 aromatic carbocycles. The number of quaternary nitrogens is 1. The molecule has 0 bridgehead atoms. The normalized spacial score (nSPS) is 17.8. The lowest BCUT2D eigenvalue weighted by Gasteiger charge is -2.24. The van der Waals surface area contributed by atoms with Crippen molar-refractivity contribution in [1.82, 2.24) is 10.2 Å². The first kappa shape index (κ1) is 14.8. The van der Waals surface area contributed by atoms with E-state index in [2.05, 4.69) is 5.32 Å². The minimum Gasteiger partial charge on any atom is -0.336 e. The second kappa shape index (κ2) is 6.24. The molecule has 1 unspecified atom stereocenters. The molecule has 1 aliphatic heterocycles. The highest BCUT2D eigenvalue weighted by Gasteiger charge is 2.33. The predicted molar refractivity (Wildman–Crippen MR) is 76.6 cm³/mol. The first-order valence-electron chi connectivity index (χ1n) is 6.65. The van der Waals surface area contributed by atoms with Gasteiger partial charge >= 0.3 is 6.03 Å². The minimum absolute atomic E-state index is 0.139. The third-order valence-corrected chi connectivity index (χ3v) is 3.84. The standard InChI is InChI=1S/C14H18ClN3O2/c1-10(13(19)18-7-6-16-14(18)20)17(2)9-11-4-3-5-12(15)8-11/h3-5,8,10H,6-7,9H2,1-2H3,(H,16,20)/p+1/t10-/m0/s1. The quantitative estimate of drug-likeness (QED) is 0.839. The summed E-state index contributed by atoms with van der Waals surface area (Å²) in [5, 5.41) is 3.33. The van der Waals surface area contributed by atoms with Crippen LogP contribution in [0.15, 0.2) is 24.3 Å². The Morgan fingerprint density at radius 2 is 2.30 bits per heavy atom. The van der Waals surface area contributed by atoms with Crippen LogP contribution in [0.2, 0.25) is 5.02 Å². The number of halogens is 1. The van der Waals surface area contributed by atoms with Gasteiger partial charge in [-0.15, -0.1) is 0 Å². The van der Waals surface area contributed by atoms with Gasteiger partial charge in [0.1, 0.15) is 6.54 Å². The number of hydrogen-bond donors (Lipinski definition) is 2. The number of imide groups is 1. The van der Waals surface area contributed by atoms with E-state index >= 15 is 0 Å². The molecule has 0 radical (unpaired) electrons. The Labute approximate surface area is 123 Å². The number of nitrogens with zero attached hydrogens (tertiary/aromatic N) is 1. The highest BCUT2D eigenvalue weighted by Crippen LogP contribution is 2.09. The number of carbonyl (C=O) groups excluding carboxylic acids is 2. The van der Waals surface area contributed by atoms with Crippen molar-refractivity contribution in [1.29, 1.82) is 0 Å². The van der Waals surface area contributed by atoms with Crippen molar-refractivity contribution in [3.05, 3.63) is 34.9 Å². The first-order valence-corrected chi connectivity index (χ1v) is 7.03. The molecule has 0 saturated carbocycles. The van der Waals surface area contributed by atoms with Gasteiger partial charge in [-0.1, -0.05) is 23.7 Å². The average molecular weight is 297 g/mol. The summed E-state index contributed by atoms with van der Waals surface area (Å²) in [7, 11) is 1.94. The zero-order chi connectivity index (χ0) is 14.7. The summed E-state index contributed by atoms with van der Waals surface area (Å²) in [4.78, 5) is 26.1. The Morgan fingerprint density at radius 1 is 1.55 bits per heavy atom. The predicted octanol–water partition coefficient (Wildman–Crippen LogP) is 0.295. The molecule has 108 valence electrons. The van der Waals surface area contributed by atoms with Gasteiger partial charge in [-0.25, -0.2) is 4.79 Å². The second-order valence-corrected chi connectivity index (χ2v) is 5.53. The Kier molecular flexibility index (Phi) is 4.62. The van der Waals surface area contributed by atoms with Crippen molar-refractivity contribution in [2.45, 2.75) is 19.5 Å². The number of likely N-dealkylation sites (N-methyl/N-ethyl adjacent to an activating group) is 1. The van der Waals surface area contributed by atoms with Gasteiger partial charge in [0.25, 0.3) is 5.91 Å². The number of amides is 3. The molecule has 2 atom stereocenters. The molecular weight excluding hydrogens is 278 g/mol. The maximum atomic E-state index is 12.3. The van der Waals surface area contributed by atoms with E-state index in [1.807, 2.05) is 38.2 Å². The smallest absolute Gasteiger partial charge is 0.324 e. The molecule has 0 aromatic heterocycles. The average Bonchev–Trinajstić information content (AvgIpc) is 2.83. The molecular formula is C14H19ClN3O2+. The fraction of sp³-hybridized carbons (Fsp3) is 0.429. The maximum absolute atomic E-state index is 12.3. The zero-order valence-corrected chi connectivity index (χ0v) is 12.4. The number of nitrogens with one attached hydrogen (secondary N) is 2. The third-order valence-electron chi connectivity index (χ3n) is 3.60. The third kappa shape index (κ3) is 3.29. The molecule has 1 aliphatic rings. The highest BCUT2D eigenvalue weighted by atomic mass is 35.5. The Balaban J connectivity index is 1.99. The van der Waals surface area contributed by atoms with Crippen LogP contribution in [0.3, 0.4) is 0 Å². The van der Waals surface area contributed by atoms with Crippen LogP contribution in [-0.4, -0.2) is 43.0 Å². The van der Waals surface area contributed by atoms with Crippen molar-refractivity contribution in [3.8, 4) is 0 Å². The Bertz CT molecular complexity index is 521. The van der Waals surface area contributed by atoms with E-state index < -0.39 is 0 Å². The van der Waals surface area contributed by atoms with E-state index in [9.17, 15) is 9.59 Å². The van der Waals surface area contributed by atoms with E-state index in [1.165, 1.54) is 4.90 Å². The molecule has 1 aromatic rings. The zero-order valence-electron chi connectivity index (χ0n) is 11.6. The summed E-state index contributed by atoms with van der Waals surface area (Å²) in [6, 6.07) is 7.02. The lowest BCUT2D eigenvalue weighted by Crippen LogP contribution is -3.12. The summed E-state index contributed by atoms with van der Waals surface area (Å²) >= 11 is 5.96. The molecule has 2 rings (SSSR count). The molecule has 20 heavy (non-hydrogen) atoms. The van der Waals surface area contributed by atoms with Crippen molar-refractivity contribution in [2.24, 2.45) is 0 Å². The largest absolute Gasteiger partial charge is 0.336 e. The second-order valence-electron chi connectivity index (χ2n) is 5.10. The lowest BCUT2D eigenvalue weighted by molar-refractivity contribution is -0.908. The van der Waals surface area contributed by atoms with Crippen LogP contribution < -0.4 is 10.2 Å². The highest BCUT2D eigenvalue weighted by molar-refractivity contribution is 6.30. The summed E-state index contributed by atoms with van der Waals surface area (Å²) in [6.07, 6.45) is 0. The van der Waals surface area contributed by atoms with Crippen LogP contribution in [-0.2, 0) is 11.3 Å². The van der Waals surface area contributed by atoms with Gasteiger partial charge in [0.2, 0.25) is 0 Å². The van der Waals surface area contributed by atoms with Crippen molar-refractivity contribution >= 4 is 23.5 Å². The molecule has 0 spiro atoms. The number of urea groups is 1. The topological polar surface area (TPSA) is 53.9 Å². The van der Waals surface area contributed by atoms with Crippen LogP contribution in [0, 0.1) is 0 Å². The van der Waals surface area contributed by atoms with Gasteiger partial charge in [-0.3, -0.25) is 9.69 Å². The van der Waals surface area contributed by atoms with E-state index in [4.69, 9.17) is 11.6 Å². The van der Waals surface area contributed by atoms with Gasteiger partial charge in [0, 0.05) is 23.7 Å². The number of rotatable bonds is 4. The van der Waals surface area contributed by atoms with Crippen molar-refractivity contribution in [3.63, 3.8) is 0 Å². The molecule has 3 amide bonds. The van der Waals surface area contributed by atoms with Crippen LogP contribution in [0.1, 0.15) is 12.5 Å². The monoisotopic (exact) mass is 296 g/mol. The van der Waals surface area contributed by atoms with Gasteiger partial charge < -0.3 is 10.2 Å². The van der Waals surface area contributed by atoms with Crippen LogP contribution in [0.4, 0.5) is 4.79 Å². The van der Waals surface area contributed by atoms with E-state index in [1.54, 1.807) is 0 Å². The van der Waals surface area contributed by atoms with Gasteiger partial charge in [-0.2, -0.15) is 0 Å². The summed E-state index contributed by atoms with van der Waals surface area (Å²) in [5.41, 5.74) is 1.07. The summed E-state index contributed by atoms with van der Waals surface area (Å²) in [5.74, 6) is -0.139. The van der Waals surface area contributed by atoms with Gasteiger partial charge in [0.15, 0.2) is 6.04 Å². The Morgan fingerprint density at radius 3 is 2.90 bits per heavy atom. The molecule has 5 nitrogen and oxygen atoms in total. The lowest BCUT2D eigenvalue weighted by atomic mass is 10.2. The van der Waals surface area contributed by atoms with E-state index in [0.29, 0.717) is 24.7 Å². The number of carbonyl (C=O) groups is 2. The van der Waals surface area contributed by atoms with Crippen LogP contribution >= 0.6 is 11.6 Å². The summed E-state index contributed by atoms with van der Waals surface area (Å²) in [6.45, 7) is 3.51. The fourth-order valence-electron chi connectivity index (χ4n) is 2.25. The van der Waals surface area contributed by atoms with Gasteiger partial charge in [0.05, 0.1) is 7.05 Å². The van der Waals surface area contributed by atoms with E-state index in [-0.39, 0.29) is 18.0 Å². The van der Waals surface area contributed by atoms with Crippen LogP contribution in [0.25, 0.3) is 0 Å². The molecule has 1 heterocycles. The van der Waals surface area contributed by atoms with Crippen molar-refractivity contribution < 1.29 is 14.5 Å². The maximum Gasteiger partial charge on any atom is 0.324 e. The fourth-order valence-corrected chi connectivity index (χ4v) is 2.46. The van der Waals surface area contributed by atoms with Gasteiger partial charge in [-0.05, 0) is 19.1 Å². The van der Waals surface area contributed by atoms with Crippen LogP contribution in [0.5, 0.6) is 0 Å². The summed E-state index contributed by atoms with van der Waals surface area (Å²) < 4.78 is 0. The Hall–Kier alpha value is -1.59. The SMILES string of the molecule is C[C@@H](C(=O)N1CCNC1=O)[NH+](C)Cc1cccc(Cl)c1. The molecule has 1 saturated heterocycles. The minimum atomic E-state index is -0.294. The van der Waals surface area contributed by atoms with Crippen molar-refractivity contribution in [2.75, 3.05) is 20.1 Å². The number of benzene rings is 1. The molecule has 2 N–H and O–H groups in total. The first-order chi connectivity index (χ1) is 9.49.